The second-order valence-corrected chi connectivity index (χ2v) is 3.77. The van der Waals surface area contributed by atoms with E-state index in [1.807, 2.05) is 12.1 Å². The van der Waals surface area contributed by atoms with Gasteiger partial charge in [0.05, 0.1) is 6.61 Å². The molecule has 0 aromatic heterocycles. The van der Waals surface area contributed by atoms with Crippen molar-refractivity contribution in [3.05, 3.63) is 35.9 Å². The number of hydrogen-bond donors (Lipinski definition) is 1. The number of ether oxygens (including phenoxy) is 1. The number of aliphatic hydroxyl groups is 1. The van der Waals surface area contributed by atoms with Crippen LogP contribution in [-0.2, 0) is 0 Å². The van der Waals surface area contributed by atoms with Gasteiger partial charge in [-0.1, -0.05) is 32.6 Å². The van der Waals surface area contributed by atoms with E-state index in [0.717, 1.165) is 11.3 Å². The lowest BCUT2D eigenvalue weighted by atomic mass is 10.0. The molecule has 1 rings (SSSR count). The van der Waals surface area contributed by atoms with Crippen molar-refractivity contribution in [2.75, 3.05) is 13.2 Å². The molecular formula is C13H18O2. The standard InChI is InChI=1S/C13H18O2/c1-4-11-7-12(10(2)3)9-13(8-11)15-6-5-14/h4,7-10,14H,1,5-6H2,2-3H3. The predicted octanol–water partition coefficient (Wildman–Crippen LogP) is 2.82. The molecule has 82 valence electrons. The highest BCUT2D eigenvalue weighted by atomic mass is 16.5. The number of benzene rings is 1. The molecule has 0 aliphatic rings. The molecule has 0 spiro atoms. The number of rotatable bonds is 5. The summed E-state index contributed by atoms with van der Waals surface area (Å²) in [7, 11) is 0. The summed E-state index contributed by atoms with van der Waals surface area (Å²) in [5.41, 5.74) is 2.27. The van der Waals surface area contributed by atoms with E-state index < -0.39 is 0 Å². The average Bonchev–Trinajstić information content (AvgIpc) is 2.25. The zero-order valence-corrected chi connectivity index (χ0v) is 9.36. The third-order valence-corrected chi connectivity index (χ3v) is 2.21. The third kappa shape index (κ3) is 3.40. The van der Waals surface area contributed by atoms with Crippen LogP contribution in [0.2, 0.25) is 0 Å². The van der Waals surface area contributed by atoms with Crippen molar-refractivity contribution >= 4 is 6.08 Å². The molecule has 0 heterocycles. The minimum absolute atomic E-state index is 0.0370. The smallest absolute Gasteiger partial charge is 0.120 e. The molecule has 0 saturated carbocycles. The van der Waals surface area contributed by atoms with Crippen LogP contribution >= 0.6 is 0 Å². The van der Waals surface area contributed by atoms with E-state index in [1.165, 1.54) is 5.56 Å². The molecule has 0 radical (unpaired) electrons. The van der Waals surface area contributed by atoms with E-state index >= 15 is 0 Å². The van der Waals surface area contributed by atoms with Crippen molar-refractivity contribution in [1.29, 1.82) is 0 Å². The van der Waals surface area contributed by atoms with E-state index in [2.05, 4.69) is 26.5 Å². The molecule has 0 fully saturated rings. The van der Waals surface area contributed by atoms with Crippen molar-refractivity contribution < 1.29 is 9.84 Å². The van der Waals surface area contributed by atoms with Crippen LogP contribution in [0.3, 0.4) is 0 Å². The molecular weight excluding hydrogens is 188 g/mol. The van der Waals surface area contributed by atoms with E-state index in [1.54, 1.807) is 6.08 Å². The molecule has 0 amide bonds. The van der Waals surface area contributed by atoms with Gasteiger partial charge in [0.2, 0.25) is 0 Å². The van der Waals surface area contributed by atoms with Crippen molar-refractivity contribution in [2.45, 2.75) is 19.8 Å². The second-order valence-electron chi connectivity index (χ2n) is 3.77. The zero-order chi connectivity index (χ0) is 11.3. The summed E-state index contributed by atoms with van der Waals surface area (Å²) in [5, 5.41) is 8.69. The Kier molecular flexibility index (Phi) is 4.37. The van der Waals surface area contributed by atoms with Crippen LogP contribution in [0.25, 0.3) is 6.08 Å². The minimum atomic E-state index is 0.0370. The van der Waals surface area contributed by atoms with E-state index in [-0.39, 0.29) is 6.61 Å². The fraction of sp³-hybridized carbons (Fsp3) is 0.385. The molecule has 0 bridgehead atoms. The van der Waals surface area contributed by atoms with Crippen LogP contribution < -0.4 is 4.74 Å². The molecule has 0 aliphatic heterocycles. The minimum Gasteiger partial charge on any atom is -0.491 e. The topological polar surface area (TPSA) is 29.5 Å². The molecule has 2 nitrogen and oxygen atoms in total. The highest BCUT2D eigenvalue weighted by Gasteiger charge is 2.03. The molecule has 0 aliphatic carbocycles. The van der Waals surface area contributed by atoms with Gasteiger partial charge in [-0.15, -0.1) is 0 Å². The lowest BCUT2D eigenvalue weighted by Crippen LogP contribution is -2.02. The van der Waals surface area contributed by atoms with Gasteiger partial charge in [0, 0.05) is 0 Å². The Bertz CT molecular complexity index is 329. The summed E-state index contributed by atoms with van der Waals surface area (Å²) < 4.78 is 5.39. The first-order valence-corrected chi connectivity index (χ1v) is 5.18. The van der Waals surface area contributed by atoms with E-state index in [4.69, 9.17) is 9.84 Å². The first kappa shape index (κ1) is 11.8. The van der Waals surface area contributed by atoms with Crippen LogP contribution in [0.1, 0.15) is 30.9 Å². The number of hydrogen-bond acceptors (Lipinski definition) is 2. The fourth-order valence-corrected chi connectivity index (χ4v) is 1.34. The Labute approximate surface area is 91.2 Å². The molecule has 0 atom stereocenters. The molecule has 1 aromatic rings. The quantitative estimate of drug-likeness (QED) is 0.802. The van der Waals surface area contributed by atoms with Crippen LogP contribution in [0.15, 0.2) is 24.8 Å². The zero-order valence-electron chi connectivity index (χ0n) is 9.36. The predicted molar refractivity (Wildman–Crippen MR) is 63.2 cm³/mol. The van der Waals surface area contributed by atoms with Crippen molar-refractivity contribution in [3.63, 3.8) is 0 Å². The Morgan fingerprint density at radius 3 is 2.67 bits per heavy atom. The maximum absolute atomic E-state index is 8.69. The van der Waals surface area contributed by atoms with Gasteiger partial charge < -0.3 is 9.84 Å². The van der Waals surface area contributed by atoms with Gasteiger partial charge in [-0.2, -0.15) is 0 Å². The number of aliphatic hydroxyl groups excluding tert-OH is 1. The van der Waals surface area contributed by atoms with Gasteiger partial charge in [-0.25, -0.2) is 0 Å². The lowest BCUT2D eigenvalue weighted by Gasteiger charge is -2.11. The largest absolute Gasteiger partial charge is 0.491 e. The Hall–Kier alpha value is -1.28. The molecule has 0 unspecified atom stereocenters. The van der Waals surface area contributed by atoms with Gasteiger partial charge >= 0.3 is 0 Å². The van der Waals surface area contributed by atoms with Gasteiger partial charge in [0.25, 0.3) is 0 Å². The molecule has 1 N–H and O–H groups in total. The van der Waals surface area contributed by atoms with Crippen LogP contribution in [0, 0.1) is 0 Å². The summed E-state index contributed by atoms with van der Waals surface area (Å²) in [5.74, 6) is 1.26. The average molecular weight is 206 g/mol. The maximum Gasteiger partial charge on any atom is 0.120 e. The van der Waals surface area contributed by atoms with Gasteiger partial charge in [0.15, 0.2) is 0 Å². The second kappa shape index (κ2) is 5.56. The molecule has 0 saturated heterocycles. The van der Waals surface area contributed by atoms with Crippen LogP contribution in [0.5, 0.6) is 5.75 Å². The monoisotopic (exact) mass is 206 g/mol. The Morgan fingerprint density at radius 2 is 2.13 bits per heavy atom. The lowest BCUT2D eigenvalue weighted by molar-refractivity contribution is 0.201. The Balaban J connectivity index is 2.95. The fourth-order valence-electron chi connectivity index (χ4n) is 1.34. The summed E-state index contributed by atoms with van der Waals surface area (Å²) in [6.45, 7) is 8.39. The maximum atomic E-state index is 8.69. The first-order chi connectivity index (χ1) is 7.17. The van der Waals surface area contributed by atoms with Crippen molar-refractivity contribution in [1.82, 2.24) is 0 Å². The van der Waals surface area contributed by atoms with Crippen LogP contribution in [-0.4, -0.2) is 18.3 Å². The Morgan fingerprint density at radius 1 is 1.40 bits per heavy atom. The van der Waals surface area contributed by atoms with Gasteiger partial charge in [-0.3, -0.25) is 0 Å². The highest BCUT2D eigenvalue weighted by Crippen LogP contribution is 2.23. The van der Waals surface area contributed by atoms with Crippen molar-refractivity contribution in [3.8, 4) is 5.75 Å². The van der Waals surface area contributed by atoms with Gasteiger partial charge in [-0.05, 0) is 29.2 Å². The SMILES string of the molecule is C=Cc1cc(OCCO)cc(C(C)C)c1. The summed E-state index contributed by atoms with van der Waals surface area (Å²) >= 11 is 0. The van der Waals surface area contributed by atoms with E-state index in [9.17, 15) is 0 Å². The molecule has 1 aromatic carbocycles. The van der Waals surface area contributed by atoms with E-state index in [0.29, 0.717) is 12.5 Å². The first-order valence-electron chi connectivity index (χ1n) is 5.18. The molecule has 2 heteroatoms. The highest BCUT2D eigenvalue weighted by molar-refractivity contribution is 5.52. The summed E-state index contributed by atoms with van der Waals surface area (Å²) in [6, 6.07) is 6.03. The third-order valence-electron chi connectivity index (χ3n) is 2.21. The summed E-state index contributed by atoms with van der Waals surface area (Å²) in [6.07, 6.45) is 1.80. The summed E-state index contributed by atoms with van der Waals surface area (Å²) in [4.78, 5) is 0. The van der Waals surface area contributed by atoms with Crippen molar-refractivity contribution in [2.24, 2.45) is 0 Å². The molecule has 15 heavy (non-hydrogen) atoms. The van der Waals surface area contributed by atoms with Gasteiger partial charge in [0.1, 0.15) is 12.4 Å². The normalized spacial score (nSPS) is 10.4. The van der Waals surface area contributed by atoms with Crippen LogP contribution in [0.4, 0.5) is 0 Å².